The van der Waals surface area contributed by atoms with Gasteiger partial charge < -0.3 is 15.6 Å². The predicted octanol–water partition coefficient (Wildman–Crippen LogP) is 4.36. The molecule has 2 aromatic carbocycles. The van der Waals surface area contributed by atoms with Gasteiger partial charge in [0.15, 0.2) is 0 Å². The first-order valence-corrected chi connectivity index (χ1v) is 8.30. The van der Waals surface area contributed by atoms with Crippen LogP contribution < -0.4 is 11.1 Å². The fraction of sp³-hybridized carbons (Fsp3) is 0.368. The normalized spacial score (nSPS) is 11.4. The topological polar surface area (TPSA) is 43.0 Å². The number of benzene rings is 2. The van der Waals surface area contributed by atoms with Crippen molar-refractivity contribution in [2.24, 2.45) is 5.73 Å². The van der Waals surface area contributed by atoms with Crippen LogP contribution in [0.4, 0.5) is 5.69 Å². The van der Waals surface area contributed by atoms with Gasteiger partial charge in [0.2, 0.25) is 0 Å². The number of nitrogens with zero attached hydrogens (tertiary/aromatic N) is 1. The summed E-state index contributed by atoms with van der Waals surface area (Å²) >= 11 is 0. The number of hydrogen-bond acceptors (Lipinski definition) is 2. The number of aryl methyl sites for hydroxylation is 1. The highest BCUT2D eigenvalue weighted by Crippen LogP contribution is 2.30. The van der Waals surface area contributed by atoms with Crippen molar-refractivity contribution >= 4 is 27.5 Å². The molecular formula is C19H25N3. The van der Waals surface area contributed by atoms with Crippen molar-refractivity contribution < 1.29 is 0 Å². The lowest BCUT2D eigenvalue weighted by molar-refractivity contribution is 0.707. The van der Waals surface area contributed by atoms with Gasteiger partial charge in [0.1, 0.15) is 0 Å². The maximum Gasteiger partial charge on any atom is 0.0492 e. The number of rotatable bonds is 7. The van der Waals surface area contributed by atoms with Crippen LogP contribution in [0.3, 0.4) is 0 Å². The zero-order valence-electron chi connectivity index (χ0n) is 13.3. The van der Waals surface area contributed by atoms with Gasteiger partial charge in [-0.15, -0.1) is 0 Å². The van der Waals surface area contributed by atoms with Crippen LogP contribution >= 0.6 is 0 Å². The minimum absolute atomic E-state index is 0.794. The molecule has 22 heavy (non-hydrogen) atoms. The fourth-order valence-electron chi connectivity index (χ4n) is 3.18. The molecule has 0 atom stereocenters. The molecule has 3 rings (SSSR count). The summed E-state index contributed by atoms with van der Waals surface area (Å²) in [6.07, 6.45) is 3.48. The lowest BCUT2D eigenvalue weighted by Gasteiger charge is -2.07. The van der Waals surface area contributed by atoms with Gasteiger partial charge in [0.05, 0.1) is 0 Å². The molecule has 3 aromatic rings. The number of nitrogens with two attached hydrogens (primary N) is 1. The van der Waals surface area contributed by atoms with Crippen LogP contribution in [-0.2, 0) is 6.54 Å². The summed E-state index contributed by atoms with van der Waals surface area (Å²) in [6.45, 7) is 5.01. The van der Waals surface area contributed by atoms with E-state index >= 15 is 0 Å². The average Bonchev–Trinajstić information content (AvgIpc) is 2.88. The molecule has 0 bridgehead atoms. The molecule has 3 nitrogen and oxygen atoms in total. The molecule has 0 aliphatic rings. The predicted molar refractivity (Wildman–Crippen MR) is 96.5 cm³/mol. The second kappa shape index (κ2) is 6.84. The summed E-state index contributed by atoms with van der Waals surface area (Å²) in [7, 11) is 0. The third kappa shape index (κ3) is 2.81. The second-order valence-corrected chi connectivity index (χ2v) is 5.77. The minimum atomic E-state index is 0.794. The van der Waals surface area contributed by atoms with Gasteiger partial charge in [0, 0.05) is 40.6 Å². The van der Waals surface area contributed by atoms with E-state index in [0.29, 0.717) is 0 Å². The smallest absolute Gasteiger partial charge is 0.0492 e. The minimum Gasteiger partial charge on any atom is -0.385 e. The molecule has 0 aliphatic carbocycles. The largest absolute Gasteiger partial charge is 0.385 e. The Morgan fingerprint density at radius 3 is 2.59 bits per heavy atom. The Morgan fingerprint density at radius 2 is 1.77 bits per heavy atom. The molecule has 0 amide bonds. The molecule has 3 heteroatoms. The molecular weight excluding hydrogens is 270 g/mol. The number of nitrogens with one attached hydrogen (secondary N) is 1. The zero-order valence-corrected chi connectivity index (χ0v) is 13.3. The summed E-state index contributed by atoms with van der Waals surface area (Å²) in [5, 5.41) is 6.21. The SMILES string of the molecule is CCn1c2ccccc2c2cc(NCCCCCN)ccc21. The standard InChI is InChI=1S/C19H25N3/c1-2-22-18-9-5-4-8-16(18)17-14-15(10-11-19(17)22)21-13-7-3-6-12-20/h4-5,8-11,14,21H,2-3,6-7,12-13,20H2,1H3. The van der Waals surface area contributed by atoms with E-state index in [1.165, 1.54) is 40.3 Å². The van der Waals surface area contributed by atoms with Crippen LogP contribution in [0.15, 0.2) is 42.5 Å². The first-order valence-electron chi connectivity index (χ1n) is 8.30. The number of para-hydroxylation sites is 1. The summed E-state index contributed by atoms with van der Waals surface area (Å²) < 4.78 is 2.38. The number of fused-ring (bicyclic) bond motifs is 3. The number of hydrogen-bond donors (Lipinski definition) is 2. The molecule has 1 aromatic heterocycles. The maximum absolute atomic E-state index is 5.53. The molecule has 0 aliphatic heterocycles. The van der Waals surface area contributed by atoms with Crippen molar-refractivity contribution in [3.05, 3.63) is 42.5 Å². The van der Waals surface area contributed by atoms with Crippen LogP contribution in [-0.4, -0.2) is 17.7 Å². The summed E-state index contributed by atoms with van der Waals surface area (Å²) in [5.74, 6) is 0. The molecule has 1 heterocycles. The van der Waals surface area contributed by atoms with Crippen molar-refractivity contribution in [2.45, 2.75) is 32.7 Å². The van der Waals surface area contributed by atoms with E-state index in [2.05, 4.69) is 59.3 Å². The van der Waals surface area contributed by atoms with Crippen LogP contribution in [0.5, 0.6) is 0 Å². The lowest BCUT2D eigenvalue weighted by atomic mass is 10.1. The molecule has 0 unspecified atom stereocenters. The van der Waals surface area contributed by atoms with Gasteiger partial charge in [-0.3, -0.25) is 0 Å². The molecule has 0 radical (unpaired) electrons. The summed E-state index contributed by atoms with van der Waals surface area (Å²) in [5.41, 5.74) is 9.37. The van der Waals surface area contributed by atoms with Gasteiger partial charge in [-0.2, -0.15) is 0 Å². The Labute approximate surface area is 132 Å². The molecule has 3 N–H and O–H groups in total. The van der Waals surface area contributed by atoms with Crippen LogP contribution in [0.25, 0.3) is 21.8 Å². The van der Waals surface area contributed by atoms with Crippen molar-refractivity contribution in [3.8, 4) is 0 Å². The van der Waals surface area contributed by atoms with Gasteiger partial charge in [0.25, 0.3) is 0 Å². The van der Waals surface area contributed by atoms with Gasteiger partial charge >= 0.3 is 0 Å². The highest BCUT2D eigenvalue weighted by atomic mass is 15.0. The van der Waals surface area contributed by atoms with E-state index in [1.807, 2.05) is 0 Å². The van der Waals surface area contributed by atoms with Gasteiger partial charge in [-0.25, -0.2) is 0 Å². The van der Waals surface area contributed by atoms with Crippen molar-refractivity contribution in [2.75, 3.05) is 18.4 Å². The van der Waals surface area contributed by atoms with E-state index in [0.717, 1.165) is 26.1 Å². The fourth-order valence-corrected chi connectivity index (χ4v) is 3.18. The quantitative estimate of drug-likeness (QED) is 0.636. The molecule has 0 saturated carbocycles. The molecule has 116 valence electrons. The number of unbranched alkanes of at least 4 members (excludes halogenated alkanes) is 2. The Balaban J connectivity index is 1.88. The van der Waals surface area contributed by atoms with Crippen LogP contribution in [0.1, 0.15) is 26.2 Å². The Kier molecular flexibility index (Phi) is 4.64. The number of aromatic nitrogens is 1. The zero-order chi connectivity index (χ0) is 15.4. The van der Waals surface area contributed by atoms with Crippen LogP contribution in [0, 0.1) is 0 Å². The van der Waals surface area contributed by atoms with E-state index < -0.39 is 0 Å². The first-order chi connectivity index (χ1) is 10.8. The van der Waals surface area contributed by atoms with Crippen molar-refractivity contribution in [1.29, 1.82) is 0 Å². The van der Waals surface area contributed by atoms with E-state index in [4.69, 9.17) is 5.73 Å². The third-order valence-electron chi connectivity index (χ3n) is 4.30. The van der Waals surface area contributed by atoms with Crippen molar-refractivity contribution in [1.82, 2.24) is 4.57 Å². The molecule has 0 saturated heterocycles. The van der Waals surface area contributed by atoms with E-state index in [9.17, 15) is 0 Å². The van der Waals surface area contributed by atoms with Crippen LogP contribution in [0.2, 0.25) is 0 Å². The second-order valence-electron chi connectivity index (χ2n) is 5.77. The monoisotopic (exact) mass is 295 g/mol. The van der Waals surface area contributed by atoms with Gasteiger partial charge in [-0.05, 0) is 50.6 Å². The highest BCUT2D eigenvalue weighted by molar-refractivity contribution is 6.09. The maximum atomic E-state index is 5.53. The van der Waals surface area contributed by atoms with E-state index in [-0.39, 0.29) is 0 Å². The molecule has 0 fully saturated rings. The third-order valence-corrected chi connectivity index (χ3v) is 4.30. The molecule has 0 spiro atoms. The Morgan fingerprint density at radius 1 is 0.955 bits per heavy atom. The first kappa shape index (κ1) is 14.9. The Bertz CT molecular complexity index is 758. The summed E-state index contributed by atoms with van der Waals surface area (Å²) in [4.78, 5) is 0. The Hall–Kier alpha value is -2.00. The van der Waals surface area contributed by atoms with E-state index in [1.54, 1.807) is 0 Å². The highest BCUT2D eigenvalue weighted by Gasteiger charge is 2.09. The van der Waals surface area contributed by atoms with Crippen molar-refractivity contribution in [3.63, 3.8) is 0 Å². The van der Waals surface area contributed by atoms with Gasteiger partial charge in [-0.1, -0.05) is 24.6 Å². The number of anilines is 1. The average molecular weight is 295 g/mol. The lowest BCUT2D eigenvalue weighted by Crippen LogP contribution is -2.03. The summed E-state index contributed by atoms with van der Waals surface area (Å²) in [6, 6.07) is 15.4.